The lowest BCUT2D eigenvalue weighted by Crippen LogP contribution is -2.52. The molecule has 2 heteroatoms. The van der Waals surface area contributed by atoms with Crippen molar-refractivity contribution in [3.8, 4) is 0 Å². The molecule has 4 unspecified atom stereocenters. The average molecular weight is 210 g/mol. The van der Waals surface area contributed by atoms with Crippen LogP contribution in [-0.2, 0) is 0 Å². The highest BCUT2D eigenvalue weighted by atomic mass is 15.2. The zero-order valence-electron chi connectivity index (χ0n) is 10.5. The topological polar surface area (TPSA) is 15.3 Å². The van der Waals surface area contributed by atoms with Gasteiger partial charge in [-0.25, -0.2) is 0 Å². The standard InChI is InChI=1S/C13H26N2/c1-10-4-5-12(3)15(9-10)13-6-7-14-11(2)8-13/h10-14H,4-9H2,1-3H3. The van der Waals surface area contributed by atoms with Gasteiger partial charge in [0.05, 0.1) is 0 Å². The molecule has 0 aromatic heterocycles. The average Bonchev–Trinajstić information content (AvgIpc) is 2.22. The normalized spacial score (nSPS) is 44.2. The Bertz CT molecular complexity index is 205. The first-order valence-electron chi connectivity index (χ1n) is 6.66. The van der Waals surface area contributed by atoms with Crippen molar-refractivity contribution < 1.29 is 0 Å². The molecule has 0 amide bonds. The molecule has 88 valence electrons. The highest BCUT2D eigenvalue weighted by molar-refractivity contribution is 4.87. The quantitative estimate of drug-likeness (QED) is 0.714. The molecule has 2 heterocycles. The number of likely N-dealkylation sites (tertiary alicyclic amines) is 1. The van der Waals surface area contributed by atoms with Gasteiger partial charge in [-0.15, -0.1) is 0 Å². The van der Waals surface area contributed by atoms with Crippen LogP contribution in [0.1, 0.15) is 46.5 Å². The fraction of sp³-hybridized carbons (Fsp3) is 1.00. The van der Waals surface area contributed by atoms with E-state index in [1.807, 2.05) is 0 Å². The molecule has 2 aliphatic heterocycles. The number of nitrogens with one attached hydrogen (secondary N) is 1. The predicted molar refractivity (Wildman–Crippen MR) is 65.1 cm³/mol. The highest BCUT2D eigenvalue weighted by Crippen LogP contribution is 2.27. The molecule has 15 heavy (non-hydrogen) atoms. The minimum atomic E-state index is 0.716. The molecule has 0 aliphatic carbocycles. The number of hydrogen-bond donors (Lipinski definition) is 1. The van der Waals surface area contributed by atoms with Gasteiger partial charge in [-0.05, 0) is 52.0 Å². The summed E-state index contributed by atoms with van der Waals surface area (Å²) >= 11 is 0. The molecule has 0 spiro atoms. The summed E-state index contributed by atoms with van der Waals surface area (Å²) in [7, 11) is 0. The van der Waals surface area contributed by atoms with E-state index < -0.39 is 0 Å². The summed E-state index contributed by atoms with van der Waals surface area (Å²) < 4.78 is 0. The lowest BCUT2D eigenvalue weighted by Gasteiger charge is -2.44. The van der Waals surface area contributed by atoms with Crippen LogP contribution in [0.5, 0.6) is 0 Å². The van der Waals surface area contributed by atoms with Crippen LogP contribution in [0.3, 0.4) is 0 Å². The molecular formula is C13H26N2. The summed E-state index contributed by atoms with van der Waals surface area (Å²) in [6, 6.07) is 2.38. The highest BCUT2D eigenvalue weighted by Gasteiger charge is 2.31. The van der Waals surface area contributed by atoms with E-state index in [1.54, 1.807) is 0 Å². The number of piperidine rings is 2. The van der Waals surface area contributed by atoms with Crippen molar-refractivity contribution in [2.75, 3.05) is 13.1 Å². The van der Waals surface area contributed by atoms with E-state index in [2.05, 4.69) is 31.0 Å². The molecule has 0 bridgehead atoms. The van der Waals surface area contributed by atoms with Crippen LogP contribution in [0, 0.1) is 5.92 Å². The molecule has 2 nitrogen and oxygen atoms in total. The van der Waals surface area contributed by atoms with Gasteiger partial charge in [0.15, 0.2) is 0 Å². The van der Waals surface area contributed by atoms with E-state index in [0.29, 0.717) is 6.04 Å². The molecule has 2 rings (SSSR count). The van der Waals surface area contributed by atoms with E-state index in [4.69, 9.17) is 0 Å². The van der Waals surface area contributed by atoms with E-state index in [-0.39, 0.29) is 0 Å². The number of rotatable bonds is 1. The fourth-order valence-corrected chi connectivity index (χ4v) is 3.24. The van der Waals surface area contributed by atoms with Crippen molar-refractivity contribution in [1.82, 2.24) is 10.2 Å². The Morgan fingerprint density at radius 3 is 2.60 bits per heavy atom. The molecule has 2 aliphatic rings. The van der Waals surface area contributed by atoms with Gasteiger partial charge in [0.1, 0.15) is 0 Å². The first kappa shape index (κ1) is 11.4. The predicted octanol–water partition coefficient (Wildman–Crippen LogP) is 2.25. The minimum Gasteiger partial charge on any atom is -0.314 e. The van der Waals surface area contributed by atoms with Gasteiger partial charge in [0.2, 0.25) is 0 Å². The van der Waals surface area contributed by atoms with E-state index in [9.17, 15) is 0 Å². The first-order chi connectivity index (χ1) is 7.16. The molecule has 1 N–H and O–H groups in total. The van der Waals surface area contributed by atoms with Crippen LogP contribution >= 0.6 is 0 Å². The Balaban J connectivity index is 1.94. The number of hydrogen-bond acceptors (Lipinski definition) is 2. The van der Waals surface area contributed by atoms with Crippen molar-refractivity contribution in [1.29, 1.82) is 0 Å². The summed E-state index contributed by atoms with van der Waals surface area (Å²) in [5.41, 5.74) is 0. The lowest BCUT2D eigenvalue weighted by atomic mass is 9.90. The van der Waals surface area contributed by atoms with Gasteiger partial charge in [-0.3, -0.25) is 4.90 Å². The maximum Gasteiger partial charge on any atom is 0.0125 e. The lowest BCUT2D eigenvalue weighted by molar-refractivity contribution is 0.0543. The smallest absolute Gasteiger partial charge is 0.0125 e. The van der Waals surface area contributed by atoms with E-state index in [0.717, 1.165) is 18.0 Å². The van der Waals surface area contributed by atoms with Crippen LogP contribution in [0.15, 0.2) is 0 Å². The van der Waals surface area contributed by atoms with Crippen molar-refractivity contribution in [2.24, 2.45) is 5.92 Å². The summed E-state index contributed by atoms with van der Waals surface area (Å²) in [6.45, 7) is 9.69. The molecule has 0 aromatic carbocycles. The van der Waals surface area contributed by atoms with Crippen LogP contribution < -0.4 is 5.32 Å². The van der Waals surface area contributed by atoms with E-state index in [1.165, 1.54) is 38.8 Å². The largest absolute Gasteiger partial charge is 0.314 e. The van der Waals surface area contributed by atoms with Gasteiger partial charge >= 0.3 is 0 Å². The number of nitrogens with zero attached hydrogens (tertiary/aromatic N) is 1. The van der Waals surface area contributed by atoms with Gasteiger partial charge < -0.3 is 5.32 Å². The molecule has 0 radical (unpaired) electrons. The third kappa shape index (κ3) is 2.73. The van der Waals surface area contributed by atoms with Crippen molar-refractivity contribution in [3.63, 3.8) is 0 Å². The van der Waals surface area contributed by atoms with Crippen LogP contribution in [0.4, 0.5) is 0 Å². The maximum absolute atomic E-state index is 3.55. The zero-order chi connectivity index (χ0) is 10.8. The Morgan fingerprint density at radius 2 is 1.87 bits per heavy atom. The first-order valence-corrected chi connectivity index (χ1v) is 6.66. The van der Waals surface area contributed by atoms with Crippen molar-refractivity contribution in [3.05, 3.63) is 0 Å². The van der Waals surface area contributed by atoms with Gasteiger partial charge in [-0.2, -0.15) is 0 Å². The molecular weight excluding hydrogens is 184 g/mol. The van der Waals surface area contributed by atoms with Gasteiger partial charge in [0.25, 0.3) is 0 Å². The summed E-state index contributed by atoms with van der Waals surface area (Å²) in [4.78, 5) is 2.78. The van der Waals surface area contributed by atoms with Crippen LogP contribution in [0.2, 0.25) is 0 Å². The second kappa shape index (κ2) is 4.84. The fourth-order valence-electron chi connectivity index (χ4n) is 3.24. The van der Waals surface area contributed by atoms with E-state index >= 15 is 0 Å². The SMILES string of the molecule is CC1CCC(C)N(C2CCNC(C)C2)C1. The minimum absolute atomic E-state index is 0.716. The van der Waals surface area contributed by atoms with Gasteiger partial charge in [0, 0.05) is 24.7 Å². The Morgan fingerprint density at radius 1 is 1.07 bits per heavy atom. The molecule has 0 aromatic rings. The van der Waals surface area contributed by atoms with Crippen LogP contribution in [-0.4, -0.2) is 36.1 Å². The van der Waals surface area contributed by atoms with Crippen molar-refractivity contribution in [2.45, 2.75) is 64.6 Å². The third-order valence-electron chi connectivity index (χ3n) is 4.23. The monoisotopic (exact) mass is 210 g/mol. The van der Waals surface area contributed by atoms with Gasteiger partial charge in [-0.1, -0.05) is 6.92 Å². The van der Waals surface area contributed by atoms with Crippen molar-refractivity contribution >= 4 is 0 Å². The molecule has 4 atom stereocenters. The summed E-state index contributed by atoms with van der Waals surface area (Å²) in [6.07, 6.45) is 5.52. The molecule has 2 fully saturated rings. The van der Waals surface area contributed by atoms with Crippen LogP contribution in [0.25, 0.3) is 0 Å². The second-order valence-electron chi connectivity index (χ2n) is 5.76. The molecule has 2 saturated heterocycles. The molecule has 0 saturated carbocycles. The second-order valence-corrected chi connectivity index (χ2v) is 5.76. The summed E-state index contributed by atoms with van der Waals surface area (Å²) in [5.74, 6) is 0.909. The zero-order valence-corrected chi connectivity index (χ0v) is 10.5. The summed E-state index contributed by atoms with van der Waals surface area (Å²) in [5, 5.41) is 3.55. The third-order valence-corrected chi connectivity index (χ3v) is 4.23. The Labute approximate surface area is 94.4 Å². The Hall–Kier alpha value is -0.0800. The maximum atomic E-state index is 3.55. The Kier molecular flexibility index (Phi) is 3.68.